The second-order valence-electron chi connectivity index (χ2n) is 7.31. The standard InChI is InChI=1S/C24H22N2O4/c1-13-10-14(2)20-19(11-13)29-22(17-6-8-18(28-5)9-7-17)23(21(20)27)30-24-25-15(3)12-16(4)26-24/h6-12H,1-5H3. The Balaban J connectivity index is 1.99. The van der Waals surface area contributed by atoms with Gasteiger partial charge in [0.05, 0.1) is 12.5 Å². The minimum atomic E-state index is -0.262. The van der Waals surface area contributed by atoms with E-state index in [1.807, 2.05) is 58.0 Å². The number of rotatable bonds is 4. The van der Waals surface area contributed by atoms with Crippen LogP contribution in [-0.2, 0) is 0 Å². The maximum atomic E-state index is 13.5. The van der Waals surface area contributed by atoms with Gasteiger partial charge in [-0.15, -0.1) is 0 Å². The Bertz CT molecular complexity index is 1290. The summed E-state index contributed by atoms with van der Waals surface area (Å²) in [6.45, 7) is 7.55. The molecule has 4 aromatic rings. The van der Waals surface area contributed by atoms with E-state index < -0.39 is 0 Å². The number of benzene rings is 2. The molecule has 0 saturated heterocycles. The van der Waals surface area contributed by atoms with Crippen LogP contribution in [-0.4, -0.2) is 17.1 Å². The van der Waals surface area contributed by atoms with Gasteiger partial charge in [-0.3, -0.25) is 4.79 Å². The molecule has 152 valence electrons. The van der Waals surface area contributed by atoms with Gasteiger partial charge in [-0.1, -0.05) is 6.07 Å². The second-order valence-corrected chi connectivity index (χ2v) is 7.31. The van der Waals surface area contributed by atoms with Crippen LogP contribution in [0, 0.1) is 27.7 Å². The summed E-state index contributed by atoms with van der Waals surface area (Å²) < 4.78 is 17.4. The van der Waals surface area contributed by atoms with E-state index in [2.05, 4.69) is 9.97 Å². The third-order valence-corrected chi connectivity index (χ3v) is 4.80. The fraction of sp³-hybridized carbons (Fsp3) is 0.208. The van der Waals surface area contributed by atoms with Crippen molar-refractivity contribution in [1.82, 2.24) is 9.97 Å². The molecule has 2 heterocycles. The second kappa shape index (κ2) is 7.63. The van der Waals surface area contributed by atoms with Crippen LogP contribution in [0.5, 0.6) is 17.5 Å². The number of fused-ring (bicyclic) bond motifs is 1. The fourth-order valence-electron chi connectivity index (χ4n) is 3.53. The zero-order chi connectivity index (χ0) is 21.4. The van der Waals surface area contributed by atoms with Crippen LogP contribution >= 0.6 is 0 Å². The Labute approximate surface area is 174 Å². The molecule has 6 heteroatoms. The zero-order valence-electron chi connectivity index (χ0n) is 17.6. The predicted molar refractivity (Wildman–Crippen MR) is 116 cm³/mol. The van der Waals surface area contributed by atoms with E-state index in [9.17, 15) is 4.79 Å². The first-order chi connectivity index (χ1) is 14.4. The van der Waals surface area contributed by atoms with Crippen LogP contribution in [0.1, 0.15) is 22.5 Å². The first-order valence-corrected chi connectivity index (χ1v) is 9.58. The molecule has 6 nitrogen and oxygen atoms in total. The highest BCUT2D eigenvalue weighted by Crippen LogP contribution is 2.34. The van der Waals surface area contributed by atoms with Crippen molar-refractivity contribution in [3.8, 4) is 28.8 Å². The van der Waals surface area contributed by atoms with Crippen LogP contribution in [0.25, 0.3) is 22.3 Å². The van der Waals surface area contributed by atoms with Gasteiger partial charge in [0, 0.05) is 17.0 Å². The van der Waals surface area contributed by atoms with Crippen LogP contribution in [0.3, 0.4) is 0 Å². The molecule has 0 saturated carbocycles. The lowest BCUT2D eigenvalue weighted by atomic mass is 10.0. The predicted octanol–water partition coefficient (Wildman–Crippen LogP) is 5.28. The molecule has 0 atom stereocenters. The minimum Gasteiger partial charge on any atom is -0.497 e. The number of nitrogens with zero attached hydrogens (tertiary/aromatic N) is 2. The van der Waals surface area contributed by atoms with Crippen molar-refractivity contribution in [3.05, 3.63) is 75.2 Å². The molecule has 2 aromatic heterocycles. The highest BCUT2D eigenvalue weighted by atomic mass is 16.5. The third kappa shape index (κ3) is 3.64. The van der Waals surface area contributed by atoms with Crippen molar-refractivity contribution in [2.75, 3.05) is 7.11 Å². The first-order valence-electron chi connectivity index (χ1n) is 9.58. The minimum absolute atomic E-state index is 0.0598. The largest absolute Gasteiger partial charge is 0.497 e. The van der Waals surface area contributed by atoms with Crippen molar-refractivity contribution in [1.29, 1.82) is 0 Å². The summed E-state index contributed by atoms with van der Waals surface area (Å²) in [6.07, 6.45) is 0. The number of aryl methyl sites for hydroxylation is 4. The van der Waals surface area contributed by atoms with Crippen molar-refractivity contribution in [3.63, 3.8) is 0 Å². The summed E-state index contributed by atoms with van der Waals surface area (Å²) >= 11 is 0. The molecular weight excluding hydrogens is 380 g/mol. The summed E-state index contributed by atoms with van der Waals surface area (Å²) in [4.78, 5) is 22.1. The number of methoxy groups -OCH3 is 1. The lowest BCUT2D eigenvalue weighted by Crippen LogP contribution is -2.10. The van der Waals surface area contributed by atoms with Crippen LogP contribution in [0.2, 0.25) is 0 Å². The summed E-state index contributed by atoms with van der Waals surface area (Å²) in [7, 11) is 1.60. The van der Waals surface area contributed by atoms with Crippen molar-refractivity contribution >= 4 is 11.0 Å². The van der Waals surface area contributed by atoms with Gasteiger partial charge in [0.1, 0.15) is 11.3 Å². The molecule has 4 rings (SSSR count). The number of hydrogen-bond acceptors (Lipinski definition) is 6. The first kappa shape index (κ1) is 19.6. The van der Waals surface area contributed by atoms with Crippen LogP contribution < -0.4 is 14.9 Å². The van der Waals surface area contributed by atoms with E-state index in [0.717, 1.165) is 22.5 Å². The SMILES string of the molecule is COc1ccc(-c2oc3cc(C)cc(C)c3c(=O)c2Oc2nc(C)cc(C)n2)cc1. The smallest absolute Gasteiger partial charge is 0.322 e. The van der Waals surface area contributed by atoms with Gasteiger partial charge in [0.15, 0.2) is 5.76 Å². The Morgan fingerprint density at radius 3 is 2.20 bits per heavy atom. The average molecular weight is 402 g/mol. The van der Waals surface area contributed by atoms with Crippen molar-refractivity contribution in [2.45, 2.75) is 27.7 Å². The molecule has 0 N–H and O–H groups in total. The molecule has 0 spiro atoms. The lowest BCUT2D eigenvalue weighted by molar-refractivity contribution is 0.414. The molecule has 30 heavy (non-hydrogen) atoms. The summed E-state index contributed by atoms with van der Waals surface area (Å²) in [5.41, 5.74) is 4.27. The summed E-state index contributed by atoms with van der Waals surface area (Å²) in [6, 6.07) is 13.0. The number of hydrogen-bond donors (Lipinski definition) is 0. The van der Waals surface area contributed by atoms with E-state index in [0.29, 0.717) is 28.0 Å². The summed E-state index contributed by atoms with van der Waals surface area (Å²) in [5.74, 6) is 1.08. The van der Waals surface area contributed by atoms with Gasteiger partial charge < -0.3 is 13.9 Å². The molecule has 0 aliphatic carbocycles. The van der Waals surface area contributed by atoms with Gasteiger partial charge in [-0.05, 0) is 75.2 Å². The molecule has 0 unspecified atom stereocenters. The van der Waals surface area contributed by atoms with Gasteiger partial charge >= 0.3 is 6.01 Å². The van der Waals surface area contributed by atoms with Crippen molar-refractivity contribution in [2.24, 2.45) is 0 Å². The fourth-order valence-corrected chi connectivity index (χ4v) is 3.53. The van der Waals surface area contributed by atoms with E-state index in [1.54, 1.807) is 19.2 Å². The van der Waals surface area contributed by atoms with Gasteiger partial charge in [0.2, 0.25) is 11.2 Å². The number of aromatic nitrogens is 2. The maximum Gasteiger partial charge on any atom is 0.322 e. The quantitative estimate of drug-likeness (QED) is 0.462. The maximum absolute atomic E-state index is 13.5. The number of ether oxygens (including phenoxy) is 2. The molecule has 2 aromatic carbocycles. The molecule has 0 fully saturated rings. The molecule has 0 amide bonds. The Kier molecular flexibility index (Phi) is 4.99. The lowest BCUT2D eigenvalue weighted by Gasteiger charge is -2.13. The molecule has 0 aliphatic rings. The van der Waals surface area contributed by atoms with Crippen LogP contribution in [0.4, 0.5) is 0 Å². The molecule has 0 aliphatic heterocycles. The summed E-state index contributed by atoms with van der Waals surface area (Å²) in [5, 5.41) is 0.484. The zero-order valence-corrected chi connectivity index (χ0v) is 17.6. The van der Waals surface area contributed by atoms with E-state index in [4.69, 9.17) is 13.9 Å². The van der Waals surface area contributed by atoms with E-state index in [-0.39, 0.29) is 17.2 Å². The Hall–Kier alpha value is -3.67. The highest BCUT2D eigenvalue weighted by Gasteiger charge is 2.21. The van der Waals surface area contributed by atoms with Gasteiger partial charge in [-0.25, -0.2) is 9.97 Å². The monoisotopic (exact) mass is 402 g/mol. The molecule has 0 bridgehead atoms. The third-order valence-electron chi connectivity index (χ3n) is 4.80. The Morgan fingerprint density at radius 1 is 0.900 bits per heavy atom. The normalized spacial score (nSPS) is 11.0. The molecular formula is C24H22N2O4. The van der Waals surface area contributed by atoms with Gasteiger partial charge in [-0.2, -0.15) is 0 Å². The molecule has 0 radical (unpaired) electrons. The van der Waals surface area contributed by atoms with Crippen molar-refractivity contribution < 1.29 is 13.9 Å². The Morgan fingerprint density at radius 2 is 1.57 bits per heavy atom. The van der Waals surface area contributed by atoms with Crippen LogP contribution in [0.15, 0.2) is 51.7 Å². The van der Waals surface area contributed by atoms with E-state index in [1.165, 1.54) is 0 Å². The van der Waals surface area contributed by atoms with Gasteiger partial charge in [0.25, 0.3) is 0 Å². The average Bonchev–Trinajstić information content (AvgIpc) is 2.68. The highest BCUT2D eigenvalue weighted by molar-refractivity contribution is 5.85. The topological polar surface area (TPSA) is 74.5 Å². The van der Waals surface area contributed by atoms with E-state index >= 15 is 0 Å².